The lowest BCUT2D eigenvalue weighted by Gasteiger charge is -2.40. The smallest absolute Gasteiger partial charge is 0.315 e. The Hall–Kier alpha value is -3.02. The Labute approximate surface area is 257 Å². The number of hydrogen-bond donors (Lipinski definition) is 4. The highest BCUT2D eigenvalue weighted by Crippen LogP contribution is 2.50. The zero-order chi connectivity index (χ0) is 30.9. The number of nitrogens with two attached hydrogens (primary N) is 1. The number of hydrogen-bond acceptors (Lipinski definition) is 7. The van der Waals surface area contributed by atoms with E-state index in [1.54, 1.807) is 22.4 Å². The van der Waals surface area contributed by atoms with E-state index in [4.69, 9.17) is 5.73 Å². The van der Waals surface area contributed by atoms with Gasteiger partial charge < -0.3 is 26.6 Å². The minimum Gasteiger partial charge on any atom is -0.363 e. The SMILES string of the molecule is CC(C)(C)[C@H](NC(=O)NC1(Cc2nccs2)CCCCC1)C(=O)N1C[C@@H]2C[C@@H]2[C@H]1C(=O)NC(CC1CCC1)C(=O)C(N)=O. The van der Waals surface area contributed by atoms with Gasteiger partial charge in [0.15, 0.2) is 0 Å². The van der Waals surface area contributed by atoms with Crippen LogP contribution in [0.15, 0.2) is 11.6 Å². The van der Waals surface area contributed by atoms with E-state index < -0.39 is 52.7 Å². The number of piperidine rings is 1. The number of amides is 5. The van der Waals surface area contributed by atoms with Gasteiger partial charge in [0.2, 0.25) is 17.6 Å². The number of nitrogens with one attached hydrogen (secondary N) is 3. The number of carbonyl (C=O) groups excluding carboxylic acids is 5. The summed E-state index contributed by atoms with van der Waals surface area (Å²) in [5.74, 6) is -2.15. The van der Waals surface area contributed by atoms with Crippen LogP contribution in [0.2, 0.25) is 0 Å². The first kappa shape index (κ1) is 31.4. The van der Waals surface area contributed by atoms with Crippen LogP contribution in [0.3, 0.4) is 0 Å². The largest absolute Gasteiger partial charge is 0.363 e. The van der Waals surface area contributed by atoms with Gasteiger partial charge in [-0.1, -0.05) is 59.3 Å². The lowest BCUT2D eigenvalue weighted by molar-refractivity contribution is -0.144. The van der Waals surface area contributed by atoms with Crippen LogP contribution in [0.25, 0.3) is 0 Å². The molecule has 0 aromatic carbocycles. The second-order valence-corrected chi connectivity index (χ2v) is 15.2. The number of fused-ring (bicyclic) bond motifs is 1. The summed E-state index contributed by atoms with van der Waals surface area (Å²) in [6.45, 7) is 6.11. The van der Waals surface area contributed by atoms with Gasteiger partial charge in [-0.2, -0.15) is 0 Å². The predicted molar refractivity (Wildman–Crippen MR) is 162 cm³/mol. The van der Waals surface area contributed by atoms with Crippen LogP contribution in [0.4, 0.5) is 4.79 Å². The molecule has 11 nitrogen and oxygen atoms in total. The number of urea groups is 1. The maximum absolute atomic E-state index is 14.2. The molecule has 5 atom stereocenters. The Morgan fingerprint density at radius 3 is 2.40 bits per heavy atom. The molecule has 2 heterocycles. The summed E-state index contributed by atoms with van der Waals surface area (Å²) < 4.78 is 0. The second-order valence-electron chi connectivity index (χ2n) is 14.3. The van der Waals surface area contributed by atoms with E-state index in [-0.39, 0.29) is 23.7 Å². The fraction of sp³-hybridized carbons (Fsp3) is 0.742. The molecule has 3 saturated carbocycles. The Balaban J connectivity index is 1.29. The van der Waals surface area contributed by atoms with E-state index in [1.165, 1.54) is 0 Å². The monoisotopic (exact) mass is 614 g/mol. The first-order valence-corrected chi connectivity index (χ1v) is 16.7. The molecule has 1 aromatic heterocycles. The molecule has 5 amide bonds. The molecule has 4 fully saturated rings. The fourth-order valence-corrected chi connectivity index (χ4v) is 7.94. The van der Waals surface area contributed by atoms with Gasteiger partial charge in [0.05, 0.1) is 11.0 Å². The molecule has 43 heavy (non-hydrogen) atoms. The lowest BCUT2D eigenvalue weighted by atomic mass is 9.79. The third-order valence-corrected chi connectivity index (χ3v) is 10.7. The number of likely N-dealkylation sites (tertiary alicyclic amines) is 1. The van der Waals surface area contributed by atoms with E-state index >= 15 is 0 Å². The molecule has 0 radical (unpaired) electrons. The van der Waals surface area contributed by atoms with Crippen LogP contribution < -0.4 is 21.7 Å². The minimum atomic E-state index is -1.07. The van der Waals surface area contributed by atoms with Crippen molar-refractivity contribution in [2.45, 2.75) is 115 Å². The van der Waals surface area contributed by atoms with Gasteiger partial charge in [-0.05, 0) is 48.9 Å². The van der Waals surface area contributed by atoms with Crippen molar-refractivity contribution < 1.29 is 24.0 Å². The molecule has 0 bridgehead atoms. The van der Waals surface area contributed by atoms with Gasteiger partial charge in [0.1, 0.15) is 12.1 Å². The molecule has 4 aliphatic rings. The van der Waals surface area contributed by atoms with E-state index in [1.807, 2.05) is 26.2 Å². The van der Waals surface area contributed by atoms with Gasteiger partial charge in [-0.3, -0.25) is 19.2 Å². The zero-order valence-corrected chi connectivity index (χ0v) is 26.3. The van der Waals surface area contributed by atoms with Crippen molar-refractivity contribution in [3.63, 3.8) is 0 Å². The van der Waals surface area contributed by atoms with Crippen molar-refractivity contribution in [2.75, 3.05) is 6.54 Å². The molecule has 5 rings (SSSR count). The highest BCUT2D eigenvalue weighted by atomic mass is 32.1. The molecule has 1 unspecified atom stereocenters. The van der Waals surface area contributed by atoms with Crippen LogP contribution in [0.5, 0.6) is 0 Å². The van der Waals surface area contributed by atoms with Crippen LogP contribution in [-0.4, -0.2) is 69.6 Å². The van der Waals surface area contributed by atoms with E-state index in [0.29, 0.717) is 19.4 Å². The third-order valence-electron chi connectivity index (χ3n) is 9.92. The predicted octanol–water partition coefficient (Wildman–Crippen LogP) is 2.68. The molecule has 12 heteroatoms. The molecule has 5 N–H and O–H groups in total. The van der Waals surface area contributed by atoms with Gasteiger partial charge in [-0.15, -0.1) is 11.3 Å². The Kier molecular flexibility index (Phi) is 9.15. The highest BCUT2D eigenvalue weighted by molar-refractivity contribution is 7.09. The number of carbonyl (C=O) groups is 5. The van der Waals surface area contributed by atoms with E-state index in [9.17, 15) is 24.0 Å². The molecular weight excluding hydrogens is 568 g/mol. The molecule has 1 aliphatic heterocycles. The average Bonchev–Trinajstić information content (AvgIpc) is 3.29. The van der Waals surface area contributed by atoms with Crippen molar-refractivity contribution in [3.05, 3.63) is 16.6 Å². The summed E-state index contributed by atoms with van der Waals surface area (Å²) in [7, 11) is 0. The first-order chi connectivity index (χ1) is 20.4. The van der Waals surface area contributed by atoms with Crippen LogP contribution in [0.1, 0.15) is 90.0 Å². The van der Waals surface area contributed by atoms with Gasteiger partial charge >= 0.3 is 6.03 Å². The maximum Gasteiger partial charge on any atom is 0.315 e. The van der Waals surface area contributed by atoms with Crippen molar-refractivity contribution in [3.8, 4) is 0 Å². The fourth-order valence-electron chi connectivity index (χ4n) is 7.18. The molecule has 236 valence electrons. The zero-order valence-electron chi connectivity index (χ0n) is 25.5. The number of aromatic nitrogens is 1. The average molecular weight is 615 g/mol. The van der Waals surface area contributed by atoms with E-state index in [2.05, 4.69) is 20.9 Å². The van der Waals surface area contributed by atoms with Crippen LogP contribution in [-0.2, 0) is 25.6 Å². The summed E-state index contributed by atoms with van der Waals surface area (Å²) in [6, 6.07) is -3.02. The normalized spacial score (nSPS) is 25.9. The van der Waals surface area contributed by atoms with Crippen molar-refractivity contribution in [1.82, 2.24) is 25.8 Å². The van der Waals surface area contributed by atoms with Crippen molar-refractivity contribution in [1.29, 1.82) is 0 Å². The lowest BCUT2D eigenvalue weighted by Crippen LogP contribution is -2.63. The number of nitrogens with zero attached hydrogens (tertiary/aromatic N) is 2. The van der Waals surface area contributed by atoms with Gasteiger partial charge in [0.25, 0.3) is 5.91 Å². The summed E-state index contributed by atoms with van der Waals surface area (Å²) in [6.07, 6.45) is 11.4. The Morgan fingerprint density at radius 2 is 1.81 bits per heavy atom. The number of thiazole rings is 1. The summed E-state index contributed by atoms with van der Waals surface area (Å²) in [5.41, 5.74) is 4.25. The summed E-state index contributed by atoms with van der Waals surface area (Å²) in [4.78, 5) is 71.7. The van der Waals surface area contributed by atoms with E-state index in [0.717, 1.165) is 62.8 Å². The Morgan fingerprint density at radius 1 is 1.09 bits per heavy atom. The topological polar surface area (TPSA) is 164 Å². The number of ketones is 1. The van der Waals surface area contributed by atoms with Gasteiger partial charge in [0, 0.05) is 30.1 Å². The third kappa shape index (κ3) is 7.21. The maximum atomic E-state index is 14.2. The minimum absolute atomic E-state index is 0.00442. The number of primary amides is 1. The summed E-state index contributed by atoms with van der Waals surface area (Å²) >= 11 is 1.58. The molecule has 1 saturated heterocycles. The Bertz CT molecular complexity index is 1220. The summed E-state index contributed by atoms with van der Waals surface area (Å²) in [5, 5.41) is 11.9. The number of rotatable bonds is 11. The van der Waals surface area contributed by atoms with Crippen LogP contribution in [0, 0.1) is 23.2 Å². The van der Waals surface area contributed by atoms with Crippen molar-refractivity contribution >= 4 is 40.9 Å². The highest BCUT2D eigenvalue weighted by Gasteiger charge is 2.58. The number of Topliss-reactive ketones (excluding diaryl/α,β-unsaturated/α-hetero) is 1. The second kappa shape index (κ2) is 12.5. The van der Waals surface area contributed by atoms with Crippen LogP contribution >= 0.6 is 11.3 Å². The quantitative estimate of drug-likeness (QED) is 0.280. The molecule has 1 aromatic rings. The van der Waals surface area contributed by atoms with Crippen molar-refractivity contribution in [2.24, 2.45) is 28.9 Å². The molecular formula is C31H46N6O5S. The molecule has 3 aliphatic carbocycles. The van der Waals surface area contributed by atoms with Gasteiger partial charge in [-0.25, -0.2) is 9.78 Å². The standard InChI is InChI=1S/C31H46N6O5S/c1-30(2,3)25(35-29(42)36-31(10-5-4-6-11-31)16-22-33-12-13-43-22)28(41)37-17-19-15-20(19)23(37)27(40)34-21(24(38)26(32)39)14-18-8-7-9-18/h12-13,18-21,23,25H,4-11,14-17H2,1-3H3,(H2,32,39)(H,34,40)(H2,35,36,42)/t19-,20-,21?,23-,25+/m0/s1. The first-order valence-electron chi connectivity index (χ1n) is 15.8. The molecule has 0 spiro atoms.